The van der Waals surface area contributed by atoms with E-state index in [0.717, 1.165) is 16.0 Å². The van der Waals surface area contributed by atoms with Crippen molar-refractivity contribution in [2.75, 3.05) is 4.90 Å². The summed E-state index contributed by atoms with van der Waals surface area (Å²) in [7, 11) is 0. The van der Waals surface area contributed by atoms with E-state index in [4.69, 9.17) is 4.74 Å². The monoisotopic (exact) mass is 349 g/mol. The largest absolute Gasteiger partial charge is 0.426 e. The van der Waals surface area contributed by atoms with Gasteiger partial charge in [0.25, 0.3) is 0 Å². The zero-order valence-electron chi connectivity index (χ0n) is 14.6. The zero-order valence-corrected chi connectivity index (χ0v) is 14.6. The summed E-state index contributed by atoms with van der Waals surface area (Å²) in [5.41, 5.74) is 2.28. The Labute approximate surface area is 151 Å². The van der Waals surface area contributed by atoms with E-state index in [1.807, 2.05) is 38.1 Å². The Morgan fingerprint density at radius 3 is 2.35 bits per heavy atom. The molecule has 0 unspecified atom stereocenters. The van der Waals surface area contributed by atoms with Gasteiger partial charge < -0.3 is 4.74 Å². The molecule has 0 saturated carbocycles. The van der Waals surface area contributed by atoms with E-state index in [-0.39, 0.29) is 5.91 Å². The lowest BCUT2D eigenvalue weighted by Gasteiger charge is -2.42. The second-order valence-electron chi connectivity index (χ2n) is 6.82. The molecule has 4 rings (SSSR count). The number of anilines is 1. The van der Waals surface area contributed by atoms with Gasteiger partial charge in [0.05, 0.1) is 5.69 Å². The van der Waals surface area contributed by atoms with Gasteiger partial charge in [-0.2, -0.15) is 0 Å². The first-order chi connectivity index (χ1) is 12.5. The Kier molecular flexibility index (Phi) is 3.87. The van der Waals surface area contributed by atoms with E-state index in [0.29, 0.717) is 17.9 Å². The van der Waals surface area contributed by atoms with Crippen LogP contribution in [0.2, 0.25) is 0 Å². The third kappa shape index (κ3) is 2.35. The molecule has 0 aromatic heterocycles. The first-order valence-electron chi connectivity index (χ1n) is 8.78. The van der Waals surface area contributed by atoms with Gasteiger partial charge in [-0.05, 0) is 31.5 Å². The van der Waals surface area contributed by atoms with Crippen molar-refractivity contribution in [3.8, 4) is 5.75 Å². The number of carbonyl (C=O) groups is 3. The predicted octanol–water partition coefficient (Wildman–Crippen LogP) is 3.21. The van der Waals surface area contributed by atoms with Gasteiger partial charge in [0.15, 0.2) is 0 Å². The summed E-state index contributed by atoms with van der Waals surface area (Å²) in [6.07, 6.45) is 0.539. The summed E-state index contributed by atoms with van der Waals surface area (Å²) in [4.78, 5) is 40.1. The number of fused-ring (bicyclic) bond motifs is 3. The normalized spacial score (nSPS) is 24.8. The number of benzene rings is 2. The van der Waals surface area contributed by atoms with Crippen LogP contribution in [0.25, 0.3) is 0 Å². The molecule has 26 heavy (non-hydrogen) atoms. The third-order valence-corrected chi connectivity index (χ3v) is 5.29. The average molecular weight is 349 g/mol. The van der Waals surface area contributed by atoms with Gasteiger partial charge in [0.1, 0.15) is 11.7 Å². The minimum Gasteiger partial charge on any atom is -0.426 e. The second kappa shape index (κ2) is 6.09. The van der Waals surface area contributed by atoms with Crippen molar-refractivity contribution in [2.45, 2.75) is 26.2 Å². The molecule has 0 radical (unpaired) electrons. The third-order valence-electron chi connectivity index (χ3n) is 5.29. The van der Waals surface area contributed by atoms with Gasteiger partial charge in [-0.15, -0.1) is 0 Å². The molecule has 2 aromatic carbocycles. The van der Waals surface area contributed by atoms with Crippen LogP contribution in [0.1, 0.15) is 30.4 Å². The topological polar surface area (TPSA) is 63.7 Å². The molecule has 1 fully saturated rings. The number of carbonyl (C=O) groups excluding carboxylic acids is 3. The summed E-state index contributed by atoms with van der Waals surface area (Å²) >= 11 is 0. The summed E-state index contributed by atoms with van der Waals surface area (Å²) in [5, 5.41) is 0. The molecule has 0 N–H and O–H groups in total. The molecule has 2 aliphatic rings. The Balaban J connectivity index is 1.84. The summed E-state index contributed by atoms with van der Waals surface area (Å²) in [6.45, 7) is 3.84. The van der Waals surface area contributed by atoms with Crippen molar-refractivity contribution >= 4 is 23.5 Å². The molecule has 2 heterocycles. The number of hydrogen-bond donors (Lipinski definition) is 0. The Hall–Kier alpha value is -2.95. The lowest BCUT2D eigenvalue weighted by molar-refractivity contribution is -0.151. The molecule has 3 atom stereocenters. The maximum absolute atomic E-state index is 13.2. The molecule has 132 valence electrons. The number of imide groups is 1. The predicted molar refractivity (Wildman–Crippen MR) is 95.8 cm³/mol. The van der Waals surface area contributed by atoms with Gasteiger partial charge in [-0.3, -0.25) is 14.4 Å². The fourth-order valence-corrected chi connectivity index (χ4v) is 3.99. The maximum atomic E-state index is 13.2. The van der Waals surface area contributed by atoms with E-state index in [1.165, 1.54) is 0 Å². The molecular weight excluding hydrogens is 330 g/mol. The van der Waals surface area contributed by atoms with Crippen molar-refractivity contribution < 1.29 is 19.1 Å². The van der Waals surface area contributed by atoms with Crippen molar-refractivity contribution in [3.05, 3.63) is 59.7 Å². The summed E-state index contributed by atoms with van der Waals surface area (Å²) < 4.78 is 5.41. The lowest BCUT2D eigenvalue weighted by Crippen LogP contribution is -2.57. The minimum atomic E-state index is -0.992. The van der Waals surface area contributed by atoms with E-state index >= 15 is 0 Å². The standard InChI is InChI=1S/C21H19NO4/c1-3-14-17-15-6-4-5-7-16(15)26-21(25)18(17)20(24)22(19(14)23)13-10-8-12(2)9-11-13/h4-11,14,17-18H,3H2,1-2H3/t14-,17+,18+/m1/s1. The Morgan fingerprint density at radius 2 is 1.65 bits per heavy atom. The molecule has 5 heteroatoms. The van der Waals surface area contributed by atoms with Crippen LogP contribution < -0.4 is 9.64 Å². The van der Waals surface area contributed by atoms with Gasteiger partial charge in [0, 0.05) is 17.4 Å². The van der Waals surface area contributed by atoms with Crippen LogP contribution in [0.5, 0.6) is 5.75 Å². The maximum Gasteiger partial charge on any atom is 0.324 e. The van der Waals surface area contributed by atoms with E-state index in [1.54, 1.807) is 24.3 Å². The quantitative estimate of drug-likeness (QED) is 0.361. The highest BCUT2D eigenvalue weighted by molar-refractivity contribution is 6.23. The molecule has 5 nitrogen and oxygen atoms in total. The van der Waals surface area contributed by atoms with Crippen LogP contribution in [0.3, 0.4) is 0 Å². The SMILES string of the molecule is CC[C@H]1C(=O)N(c2ccc(C)cc2)C(=O)[C@H]2C(=O)Oc3ccccc3[C@@H]21. The number of piperidine rings is 1. The van der Waals surface area contributed by atoms with Gasteiger partial charge in [-0.1, -0.05) is 42.8 Å². The molecular formula is C21H19NO4. The summed E-state index contributed by atoms with van der Waals surface area (Å²) in [5.74, 6) is -2.82. The Bertz CT molecular complexity index is 902. The lowest BCUT2D eigenvalue weighted by atomic mass is 9.70. The van der Waals surface area contributed by atoms with Crippen molar-refractivity contribution in [1.82, 2.24) is 0 Å². The highest BCUT2D eigenvalue weighted by atomic mass is 16.5. The first-order valence-corrected chi connectivity index (χ1v) is 8.78. The minimum absolute atomic E-state index is 0.257. The number of ether oxygens (including phenoxy) is 1. The highest BCUT2D eigenvalue weighted by Crippen LogP contribution is 2.47. The molecule has 2 amide bonds. The Morgan fingerprint density at radius 1 is 0.962 bits per heavy atom. The van der Waals surface area contributed by atoms with Gasteiger partial charge >= 0.3 is 5.97 Å². The van der Waals surface area contributed by atoms with Crippen LogP contribution in [0.4, 0.5) is 5.69 Å². The molecule has 0 aliphatic carbocycles. The van der Waals surface area contributed by atoms with Crippen molar-refractivity contribution in [1.29, 1.82) is 0 Å². The number of aryl methyl sites for hydroxylation is 1. The number of para-hydroxylation sites is 1. The zero-order chi connectivity index (χ0) is 18.4. The second-order valence-corrected chi connectivity index (χ2v) is 6.82. The van der Waals surface area contributed by atoms with Crippen molar-refractivity contribution in [2.24, 2.45) is 11.8 Å². The van der Waals surface area contributed by atoms with Crippen LogP contribution in [-0.2, 0) is 14.4 Å². The molecule has 0 bridgehead atoms. The number of esters is 1. The summed E-state index contributed by atoms with van der Waals surface area (Å²) in [6, 6.07) is 14.3. The number of nitrogens with zero attached hydrogens (tertiary/aromatic N) is 1. The van der Waals surface area contributed by atoms with E-state index in [9.17, 15) is 14.4 Å². The number of hydrogen-bond acceptors (Lipinski definition) is 4. The van der Waals surface area contributed by atoms with Crippen LogP contribution in [-0.4, -0.2) is 17.8 Å². The van der Waals surface area contributed by atoms with Gasteiger partial charge in [-0.25, -0.2) is 4.90 Å². The first kappa shape index (κ1) is 16.5. The molecule has 0 spiro atoms. The van der Waals surface area contributed by atoms with E-state index in [2.05, 4.69) is 0 Å². The van der Waals surface area contributed by atoms with Gasteiger partial charge in [0.2, 0.25) is 11.8 Å². The average Bonchev–Trinajstić information content (AvgIpc) is 2.63. The van der Waals surface area contributed by atoms with Crippen molar-refractivity contribution in [3.63, 3.8) is 0 Å². The molecule has 1 saturated heterocycles. The molecule has 2 aromatic rings. The van der Waals surface area contributed by atoms with Crippen LogP contribution >= 0.6 is 0 Å². The molecule has 2 aliphatic heterocycles. The fourth-order valence-electron chi connectivity index (χ4n) is 3.99. The number of rotatable bonds is 2. The van der Waals surface area contributed by atoms with Crippen LogP contribution in [0.15, 0.2) is 48.5 Å². The highest BCUT2D eigenvalue weighted by Gasteiger charge is 2.55. The number of amides is 2. The van der Waals surface area contributed by atoms with E-state index < -0.39 is 29.6 Å². The smallest absolute Gasteiger partial charge is 0.324 e. The fraction of sp³-hybridized carbons (Fsp3) is 0.286. The van der Waals surface area contributed by atoms with Crippen LogP contribution in [0, 0.1) is 18.8 Å².